The highest BCUT2D eigenvalue weighted by Crippen LogP contribution is 2.12. The molecule has 0 aliphatic carbocycles. The summed E-state index contributed by atoms with van der Waals surface area (Å²) in [7, 11) is 0. The minimum Gasteiger partial charge on any atom is -0.391 e. The number of amides is 1. The van der Waals surface area contributed by atoms with Gasteiger partial charge in [-0.25, -0.2) is 4.79 Å². The average molecular weight is 305 g/mol. The largest absolute Gasteiger partial charge is 0.391 e. The molecule has 6 heteroatoms. The lowest BCUT2D eigenvalue weighted by Gasteiger charge is -2.14. The van der Waals surface area contributed by atoms with Crippen LogP contribution in [-0.4, -0.2) is 33.6 Å². The van der Waals surface area contributed by atoms with Crippen LogP contribution in [0.2, 0.25) is 0 Å². The van der Waals surface area contributed by atoms with Gasteiger partial charge in [-0.3, -0.25) is 4.79 Å². The second-order valence-corrected chi connectivity index (χ2v) is 5.93. The fourth-order valence-corrected chi connectivity index (χ4v) is 2.23. The fraction of sp³-hybridized carbons (Fsp3) is 0.500. The topological polar surface area (TPSA) is 98.0 Å². The normalized spacial score (nSPS) is 12.7. The van der Waals surface area contributed by atoms with Crippen LogP contribution in [0.4, 0.5) is 0 Å². The van der Waals surface area contributed by atoms with Gasteiger partial charge in [-0.15, -0.1) is 0 Å². The number of benzene rings is 1. The van der Waals surface area contributed by atoms with E-state index in [4.69, 9.17) is 0 Å². The maximum atomic E-state index is 11.7. The van der Waals surface area contributed by atoms with E-state index < -0.39 is 6.10 Å². The van der Waals surface area contributed by atoms with Crippen LogP contribution in [-0.2, 0) is 11.2 Å². The lowest BCUT2D eigenvalue weighted by Crippen LogP contribution is -2.34. The SMILES string of the molecule is CC(C)C(O)CNC(=O)CCCc1ccc2[nH]c(=O)[nH]c2c1. The monoisotopic (exact) mass is 305 g/mol. The molecule has 0 radical (unpaired) electrons. The minimum absolute atomic E-state index is 0.0455. The number of aromatic amines is 2. The number of nitrogens with one attached hydrogen (secondary N) is 3. The molecular formula is C16H23N3O3. The lowest BCUT2D eigenvalue weighted by atomic mass is 10.1. The van der Waals surface area contributed by atoms with E-state index in [9.17, 15) is 14.7 Å². The lowest BCUT2D eigenvalue weighted by molar-refractivity contribution is -0.121. The summed E-state index contributed by atoms with van der Waals surface area (Å²) in [6.45, 7) is 4.13. The van der Waals surface area contributed by atoms with Gasteiger partial charge in [0.2, 0.25) is 5.91 Å². The third-order valence-electron chi connectivity index (χ3n) is 3.73. The number of aryl methyl sites for hydroxylation is 1. The van der Waals surface area contributed by atoms with Crippen molar-refractivity contribution in [2.75, 3.05) is 6.54 Å². The quantitative estimate of drug-likeness (QED) is 0.621. The molecule has 0 spiro atoms. The van der Waals surface area contributed by atoms with Gasteiger partial charge in [0, 0.05) is 13.0 Å². The molecule has 1 aromatic carbocycles. The second kappa shape index (κ2) is 7.26. The van der Waals surface area contributed by atoms with Crippen molar-refractivity contribution in [1.29, 1.82) is 0 Å². The molecule has 0 saturated carbocycles. The van der Waals surface area contributed by atoms with Crippen molar-refractivity contribution in [2.45, 2.75) is 39.2 Å². The molecule has 2 rings (SSSR count). The Kier molecular flexibility index (Phi) is 5.38. The highest BCUT2D eigenvalue weighted by molar-refractivity contribution is 5.76. The number of aliphatic hydroxyl groups excluding tert-OH is 1. The predicted octanol–water partition coefficient (Wildman–Crippen LogP) is 1.31. The molecule has 1 heterocycles. The van der Waals surface area contributed by atoms with Gasteiger partial charge in [0.25, 0.3) is 0 Å². The Morgan fingerprint density at radius 1 is 1.27 bits per heavy atom. The summed E-state index contributed by atoms with van der Waals surface area (Å²) in [5.74, 6) is 0.0892. The van der Waals surface area contributed by atoms with Crippen molar-refractivity contribution in [3.05, 3.63) is 34.2 Å². The first-order valence-corrected chi connectivity index (χ1v) is 7.61. The van der Waals surface area contributed by atoms with Gasteiger partial charge in [-0.05, 0) is 36.5 Å². The number of fused-ring (bicyclic) bond motifs is 1. The summed E-state index contributed by atoms with van der Waals surface area (Å²) in [5, 5.41) is 12.4. The molecule has 22 heavy (non-hydrogen) atoms. The maximum Gasteiger partial charge on any atom is 0.323 e. The molecule has 2 aromatic rings. The highest BCUT2D eigenvalue weighted by Gasteiger charge is 2.10. The fourth-order valence-electron chi connectivity index (χ4n) is 2.23. The van der Waals surface area contributed by atoms with Crippen LogP contribution in [0.1, 0.15) is 32.3 Å². The Labute approximate surface area is 128 Å². The van der Waals surface area contributed by atoms with Gasteiger partial charge in [0.05, 0.1) is 17.1 Å². The van der Waals surface area contributed by atoms with E-state index in [2.05, 4.69) is 15.3 Å². The number of rotatable bonds is 7. The van der Waals surface area contributed by atoms with Gasteiger partial charge < -0.3 is 20.4 Å². The smallest absolute Gasteiger partial charge is 0.323 e. The summed E-state index contributed by atoms with van der Waals surface area (Å²) < 4.78 is 0. The first-order chi connectivity index (χ1) is 10.5. The van der Waals surface area contributed by atoms with E-state index in [-0.39, 0.29) is 17.5 Å². The van der Waals surface area contributed by atoms with E-state index in [1.165, 1.54) is 0 Å². The number of H-pyrrole nitrogens is 2. The zero-order chi connectivity index (χ0) is 16.1. The van der Waals surface area contributed by atoms with E-state index in [1.807, 2.05) is 32.0 Å². The summed E-state index contributed by atoms with van der Waals surface area (Å²) >= 11 is 0. The van der Waals surface area contributed by atoms with Crippen LogP contribution >= 0.6 is 0 Å². The van der Waals surface area contributed by atoms with E-state index in [0.717, 1.165) is 29.4 Å². The molecule has 0 fully saturated rings. The Morgan fingerprint density at radius 3 is 2.73 bits per heavy atom. The maximum absolute atomic E-state index is 11.7. The molecule has 1 atom stereocenters. The molecule has 1 amide bonds. The first-order valence-electron chi connectivity index (χ1n) is 7.61. The van der Waals surface area contributed by atoms with Gasteiger partial charge in [-0.1, -0.05) is 19.9 Å². The molecule has 120 valence electrons. The number of aromatic nitrogens is 2. The van der Waals surface area contributed by atoms with E-state index in [0.29, 0.717) is 13.0 Å². The van der Waals surface area contributed by atoms with Crippen molar-refractivity contribution < 1.29 is 9.90 Å². The molecule has 0 aliphatic heterocycles. The van der Waals surface area contributed by atoms with Crippen LogP contribution < -0.4 is 11.0 Å². The van der Waals surface area contributed by atoms with E-state index >= 15 is 0 Å². The second-order valence-electron chi connectivity index (χ2n) is 5.93. The van der Waals surface area contributed by atoms with Gasteiger partial charge in [0.15, 0.2) is 0 Å². The van der Waals surface area contributed by atoms with Crippen molar-refractivity contribution in [2.24, 2.45) is 5.92 Å². The van der Waals surface area contributed by atoms with Crippen molar-refractivity contribution in [3.63, 3.8) is 0 Å². The zero-order valence-corrected chi connectivity index (χ0v) is 13.0. The summed E-state index contributed by atoms with van der Waals surface area (Å²) in [4.78, 5) is 28.3. The number of carbonyl (C=O) groups is 1. The highest BCUT2D eigenvalue weighted by atomic mass is 16.3. The Morgan fingerprint density at radius 2 is 2.00 bits per heavy atom. The molecule has 1 aromatic heterocycles. The third kappa shape index (κ3) is 4.46. The Balaban J connectivity index is 1.77. The molecule has 0 bridgehead atoms. The molecule has 6 nitrogen and oxygen atoms in total. The van der Waals surface area contributed by atoms with Crippen LogP contribution in [0, 0.1) is 5.92 Å². The average Bonchev–Trinajstić information content (AvgIpc) is 2.83. The molecule has 0 aliphatic rings. The van der Waals surface area contributed by atoms with Crippen LogP contribution in [0.25, 0.3) is 11.0 Å². The first kappa shape index (κ1) is 16.3. The number of carbonyl (C=O) groups excluding carboxylic acids is 1. The van der Waals surface area contributed by atoms with E-state index in [1.54, 1.807) is 0 Å². The predicted molar refractivity (Wildman–Crippen MR) is 85.7 cm³/mol. The van der Waals surface area contributed by atoms with Crippen molar-refractivity contribution >= 4 is 16.9 Å². The number of hydrogen-bond acceptors (Lipinski definition) is 3. The number of aliphatic hydroxyl groups is 1. The number of hydrogen-bond donors (Lipinski definition) is 4. The van der Waals surface area contributed by atoms with Crippen LogP contribution in [0.5, 0.6) is 0 Å². The summed E-state index contributed by atoms with van der Waals surface area (Å²) in [6, 6.07) is 5.74. The Bertz CT molecular complexity index is 687. The van der Waals surface area contributed by atoms with Crippen molar-refractivity contribution in [1.82, 2.24) is 15.3 Å². The summed E-state index contributed by atoms with van der Waals surface area (Å²) in [5.41, 5.74) is 2.44. The minimum atomic E-state index is -0.503. The van der Waals surface area contributed by atoms with Gasteiger partial charge in [0.1, 0.15) is 0 Å². The van der Waals surface area contributed by atoms with Gasteiger partial charge >= 0.3 is 5.69 Å². The summed E-state index contributed by atoms with van der Waals surface area (Å²) in [6.07, 6.45) is 1.41. The van der Waals surface area contributed by atoms with Crippen LogP contribution in [0.15, 0.2) is 23.0 Å². The molecule has 4 N–H and O–H groups in total. The van der Waals surface area contributed by atoms with Crippen molar-refractivity contribution in [3.8, 4) is 0 Å². The zero-order valence-electron chi connectivity index (χ0n) is 13.0. The standard InChI is InChI=1S/C16H23N3O3/c1-10(2)14(20)9-17-15(21)5-3-4-11-6-7-12-13(8-11)19-16(22)18-12/h6-8,10,14,20H,3-5,9H2,1-2H3,(H,17,21)(H2,18,19,22). The Hall–Kier alpha value is -2.08. The molecule has 1 unspecified atom stereocenters. The van der Waals surface area contributed by atoms with Gasteiger partial charge in [-0.2, -0.15) is 0 Å². The number of imidazole rings is 1. The molecular weight excluding hydrogens is 282 g/mol. The molecule has 0 saturated heterocycles. The van der Waals surface area contributed by atoms with Crippen LogP contribution in [0.3, 0.4) is 0 Å². The third-order valence-corrected chi connectivity index (χ3v) is 3.73.